The van der Waals surface area contributed by atoms with Crippen molar-refractivity contribution in [2.45, 2.75) is 19.4 Å². The Morgan fingerprint density at radius 1 is 1.10 bits per heavy atom. The Labute approximate surface area is 117 Å². The van der Waals surface area contributed by atoms with Crippen LogP contribution in [0.25, 0.3) is 0 Å². The first-order valence-electron chi connectivity index (χ1n) is 6.87. The fourth-order valence-corrected chi connectivity index (χ4v) is 2.34. The molecule has 3 rings (SSSR count). The van der Waals surface area contributed by atoms with Crippen LogP contribution >= 0.6 is 0 Å². The van der Waals surface area contributed by atoms with E-state index in [9.17, 15) is 4.39 Å². The molecule has 4 nitrogen and oxygen atoms in total. The molecule has 0 spiro atoms. The maximum atomic E-state index is 12.8. The number of rotatable bonds is 4. The molecule has 0 aliphatic carbocycles. The van der Waals surface area contributed by atoms with Gasteiger partial charge in [-0.3, -0.25) is 0 Å². The average molecular weight is 272 g/mol. The van der Waals surface area contributed by atoms with E-state index < -0.39 is 0 Å². The lowest BCUT2D eigenvalue weighted by atomic mass is 10.2. The lowest BCUT2D eigenvalue weighted by Gasteiger charge is -2.16. The fourth-order valence-electron chi connectivity index (χ4n) is 2.34. The summed E-state index contributed by atoms with van der Waals surface area (Å²) in [5.74, 6) is 1.36. The summed E-state index contributed by atoms with van der Waals surface area (Å²) in [7, 11) is 0. The third-order valence-corrected chi connectivity index (χ3v) is 3.43. The number of halogens is 1. The molecule has 1 saturated heterocycles. The molecule has 2 aromatic rings. The van der Waals surface area contributed by atoms with Crippen LogP contribution in [0.2, 0.25) is 0 Å². The van der Waals surface area contributed by atoms with Crippen molar-refractivity contribution in [1.82, 2.24) is 9.97 Å². The number of nitrogens with zero attached hydrogens (tertiary/aromatic N) is 3. The second-order valence-electron chi connectivity index (χ2n) is 4.91. The van der Waals surface area contributed by atoms with E-state index in [1.807, 2.05) is 6.07 Å². The van der Waals surface area contributed by atoms with Crippen molar-refractivity contribution in [1.29, 1.82) is 0 Å². The highest BCUT2D eigenvalue weighted by molar-refractivity contribution is 5.43. The molecule has 1 aromatic carbocycles. The van der Waals surface area contributed by atoms with Gasteiger partial charge in [0, 0.05) is 25.8 Å². The summed E-state index contributed by atoms with van der Waals surface area (Å²) in [5.41, 5.74) is 1.00. The Hall–Kier alpha value is -2.17. The summed E-state index contributed by atoms with van der Waals surface area (Å²) in [4.78, 5) is 11.0. The molecular weight excluding hydrogens is 255 g/mol. The van der Waals surface area contributed by atoms with E-state index in [0.717, 1.165) is 24.5 Å². The number of aromatic nitrogens is 2. The van der Waals surface area contributed by atoms with E-state index in [0.29, 0.717) is 12.5 Å². The van der Waals surface area contributed by atoms with Gasteiger partial charge in [0.05, 0.1) is 0 Å². The van der Waals surface area contributed by atoms with Gasteiger partial charge in [-0.2, -0.15) is 4.98 Å². The van der Waals surface area contributed by atoms with Crippen LogP contribution in [-0.4, -0.2) is 23.1 Å². The van der Waals surface area contributed by atoms with E-state index in [-0.39, 0.29) is 5.82 Å². The summed E-state index contributed by atoms with van der Waals surface area (Å²) < 4.78 is 12.8. The molecule has 0 bridgehead atoms. The molecule has 1 aliphatic heterocycles. The van der Waals surface area contributed by atoms with Crippen molar-refractivity contribution in [2.24, 2.45) is 0 Å². The molecule has 0 amide bonds. The van der Waals surface area contributed by atoms with E-state index in [4.69, 9.17) is 0 Å². The largest absolute Gasteiger partial charge is 0.356 e. The number of anilines is 2. The van der Waals surface area contributed by atoms with Gasteiger partial charge in [0.1, 0.15) is 11.6 Å². The first-order valence-corrected chi connectivity index (χ1v) is 6.87. The van der Waals surface area contributed by atoms with Crippen molar-refractivity contribution < 1.29 is 4.39 Å². The van der Waals surface area contributed by atoms with Crippen molar-refractivity contribution in [3.05, 3.63) is 47.9 Å². The smallest absolute Gasteiger partial charge is 0.224 e. The Morgan fingerprint density at radius 2 is 1.85 bits per heavy atom. The Morgan fingerprint density at radius 3 is 2.60 bits per heavy atom. The standard InChI is InChI=1S/C15H17FN4/c16-13-5-3-12(4-6-13)11-18-15-17-8-7-14(19-15)20-9-1-2-10-20/h3-8H,1-2,9-11H2,(H,17,18,19). The van der Waals surface area contributed by atoms with E-state index >= 15 is 0 Å². The summed E-state index contributed by atoms with van der Waals surface area (Å²) in [5, 5.41) is 3.17. The van der Waals surface area contributed by atoms with Crippen molar-refractivity contribution in [2.75, 3.05) is 23.3 Å². The van der Waals surface area contributed by atoms with E-state index in [2.05, 4.69) is 20.2 Å². The average Bonchev–Trinajstić information content (AvgIpc) is 3.01. The van der Waals surface area contributed by atoms with Crippen LogP contribution in [-0.2, 0) is 6.54 Å². The number of benzene rings is 1. The topological polar surface area (TPSA) is 41.1 Å². The zero-order valence-corrected chi connectivity index (χ0v) is 11.2. The summed E-state index contributed by atoms with van der Waals surface area (Å²) in [6.07, 6.45) is 4.22. The highest BCUT2D eigenvalue weighted by atomic mass is 19.1. The Balaban J connectivity index is 1.65. The highest BCUT2D eigenvalue weighted by Gasteiger charge is 2.13. The lowest BCUT2D eigenvalue weighted by molar-refractivity contribution is 0.627. The molecule has 1 aliphatic rings. The number of hydrogen-bond acceptors (Lipinski definition) is 4. The second kappa shape index (κ2) is 5.86. The molecule has 1 N–H and O–H groups in total. The van der Waals surface area contributed by atoms with Crippen LogP contribution in [0.1, 0.15) is 18.4 Å². The molecular formula is C15H17FN4. The highest BCUT2D eigenvalue weighted by Crippen LogP contribution is 2.18. The molecule has 2 heterocycles. The van der Waals surface area contributed by atoms with E-state index in [1.165, 1.54) is 25.0 Å². The predicted molar refractivity (Wildman–Crippen MR) is 77.2 cm³/mol. The second-order valence-corrected chi connectivity index (χ2v) is 4.91. The first-order chi connectivity index (χ1) is 9.81. The zero-order valence-electron chi connectivity index (χ0n) is 11.2. The van der Waals surface area contributed by atoms with Crippen LogP contribution in [0.5, 0.6) is 0 Å². The predicted octanol–water partition coefficient (Wildman–Crippen LogP) is 2.83. The zero-order chi connectivity index (χ0) is 13.8. The normalized spacial score (nSPS) is 14.6. The third kappa shape index (κ3) is 3.04. The van der Waals surface area contributed by atoms with Crippen LogP contribution in [0.4, 0.5) is 16.2 Å². The third-order valence-electron chi connectivity index (χ3n) is 3.43. The maximum absolute atomic E-state index is 12.8. The Bertz CT molecular complexity index is 564. The van der Waals surface area contributed by atoms with E-state index in [1.54, 1.807) is 18.3 Å². The van der Waals surface area contributed by atoms with Crippen LogP contribution in [0.3, 0.4) is 0 Å². The molecule has 5 heteroatoms. The van der Waals surface area contributed by atoms with Gasteiger partial charge in [-0.25, -0.2) is 9.37 Å². The van der Waals surface area contributed by atoms with Gasteiger partial charge in [0.15, 0.2) is 0 Å². The molecule has 0 atom stereocenters. The van der Waals surface area contributed by atoms with Gasteiger partial charge in [0.25, 0.3) is 0 Å². The van der Waals surface area contributed by atoms with Gasteiger partial charge in [-0.1, -0.05) is 12.1 Å². The molecule has 104 valence electrons. The lowest BCUT2D eigenvalue weighted by Crippen LogP contribution is -2.19. The number of nitrogens with one attached hydrogen (secondary N) is 1. The van der Waals surface area contributed by atoms with Crippen LogP contribution < -0.4 is 10.2 Å². The van der Waals surface area contributed by atoms with Gasteiger partial charge in [-0.05, 0) is 36.6 Å². The summed E-state index contributed by atoms with van der Waals surface area (Å²) in [6, 6.07) is 8.37. The first kappa shape index (κ1) is 12.8. The van der Waals surface area contributed by atoms with Gasteiger partial charge in [-0.15, -0.1) is 0 Å². The van der Waals surface area contributed by atoms with Crippen molar-refractivity contribution >= 4 is 11.8 Å². The minimum Gasteiger partial charge on any atom is -0.356 e. The summed E-state index contributed by atoms with van der Waals surface area (Å²) >= 11 is 0. The molecule has 0 radical (unpaired) electrons. The molecule has 0 unspecified atom stereocenters. The summed E-state index contributed by atoms with van der Waals surface area (Å²) in [6.45, 7) is 2.71. The SMILES string of the molecule is Fc1ccc(CNc2nccc(N3CCCC3)n2)cc1. The number of hydrogen-bond donors (Lipinski definition) is 1. The monoisotopic (exact) mass is 272 g/mol. The Kier molecular flexibility index (Phi) is 3.76. The quantitative estimate of drug-likeness (QED) is 0.929. The maximum Gasteiger partial charge on any atom is 0.224 e. The van der Waals surface area contributed by atoms with Crippen molar-refractivity contribution in [3.63, 3.8) is 0 Å². The van der Waals surface area contributed by atoms with Crippen molar-refractivity contribution in [3.8, 4) is 0 Å². The minimum absolute atomic E-state index is 0.221. The molecule has 0 saturated carbocycles. The molecule has 20 heavy (non-hydrogen) atoms. The molecule has 1 fully saturated rings. The fraction of sp³-hybridized carbons (Fsp3) is 0.333. The van der Waals surface area contributed by atoms with Gasteiger partial charge >= 0.3 is 0 Å². The van der Waals surface area contributed by atoms with Crippen LogP contribution in [0.15, 0.2) is 36.5 Å². The minimum atomic E-state index is -0.221. The van der Waals surface area contributed by atoms with Gasteiger partial charge in [0.2, 0.25) is 5.95 Å². The van der Waals surface area contributed by atoms with Crippen LogP contribution in [0, 0.1) is 5.82 Å². The molecule has 1 aromatic heterocycles. The van der Waals surface area contributed by atoms with Gasteiger partial charge < -0.3 is 10.2 Å².